The van der Waals surface area contributed by atoms with E-state index in [0.717, 1.165) is 79.7 Å². The molecule has 0 bridgehead atoms. The molecule has 4 heterocycles. The number of nitrogens with zero attached hydrogens (tertiary/aromatic N) is 3. The summed E-state index contributed by atoms with van der Waals surface area (Å²) >= 11 is 0. The van der Waals surface area contributed by atoms with Crippen molar-refractivity contribution in [3.63, 3.8) is 0 Å². The van der Waals surface area contributed by atoms with Crippen LogP contribution in [0.25, 0.3) is 21.7 Å². The normalized spacial score (nSPS) is 16.1. The van der Waals surface area contributed by atoms with Gasteiger partial charge >= 0.3 is 5.63 Å². The molecule has 0 atom stereocenters. The van der Waals surface area contributed by atoms with Gasteiger partial charge in [0, 0.05) is 60.8 Å². The molecule has 0 radical (unpaired) electrons. The molecule has 6 heteroatoms. The van der Waals surface area contributed by atoms with Crippen LogP contribution in [0.2, 0.25) is 0 Å². The number of hydrogen-bond acceptors (Lipinski definition) is 5. The van der Waals surface area contributed by atoms with Crippen molar-refractivity contribution in [1.82, 2.24) is 4.57 Å². The van der Waals surface area contributed by atoms with Crippen LogP contribution >= 0.6 is 0 Å². The van der Waals surface area contributed by atoms with E-state index in [4.69, 9.17) is 4.42 Å². The average molecular weight is 393 g/mol. The average Bonchev–Trinajstić information content (AvgIpc) is 2.95. The summed E-state index contributed by atoms with van der Waals surface area (Å²) in [5.74, 6) is 1.03. The third kappa shape index (κ3) is 2.69. The predicted molar refractivity (Wildman–Crippen MR) is 118 cm³/mol. The van der Waals surface area contributed by atoms with E-state index in [0.29, 0.717) is 12.1 Å². The first-order chi connectivity index (χ1) is 14.1. The van der Waals surface area contributed by atoms with Crippen molar-refractivity contribution in [2.75, 3.05) is 36.0 Å². The van der Waals surface area contributed by atoms with Crippen LogP contribution in [0.15, 0.2) is 32.2 Å². The highest BCUT2D eigenvalue weighted by Crippen LogP contribution is 2.36. The molecule has 0 aliphatic carbocycles. The summed E-state index contributed by atoms with van der Waals surface area (Å²) in [6.45, 7) is 8.61. The van der Waals surface area contributed by atoms with Crippen LogP contribution < -0.4 is 21.0 Å². The lowest BCUT2D eigenvalue weighted by Crippen LogP contribution is -2.39. The van der Waals surface area contributed by atoms with Crippen molar-refractivity contribution in [2.45, 2.75) is 46.1 Å². The molecule has 2 aromatic heterocycles. The Morgan fingerprint density at radius 1 is 1.00 bits per heavy atom. The van der Waals surface area contributed by atoms with Crippen molar-refractivity contribution in [2.24, 2.45) is 0 Å². The van der Waals surface area contributed by atoms with Gasteiger partial charge in [0.15, 0.2) is 0 Å². The van der Waals surface area contributed by atoms with Crippen LogP contribution in [0.1, 0.15) is 38.7 Å². The molecule has 3 aromatic rings. The lowest BCUT2D eigenvalue weighted by molar-refractivity contribution is 0.541. The number of benzene rings is 1. The zero-order valence-corrected chi connectivity index (χ0v) is 17.2. The fourth-order valence-corrected chi connectivity index (χ4v) is 5.14. The second-order valence-corrected chi connectivity index (χ2v) is 8.05. The molecule has 0 fully saturated rings. The molecule has 1 aromatic carbocycles. The predicted octanol–water partition coefficient (Wildman–Crippen LogP) is 3.50. The summed E-state index contributed by atoms with van der Waals surface area (Å²) in [7, 11) is 0. The minimum Gasteiger partial charge on any atom is -0.422 e. The lowest BCUT2D eigenvalue weighted by Gasteiger charge is -2.33. The largest absolute Gasteiger partial charge is 0.422 e. The molecule has 6 nitrogen and oxygen atoms in total. The zero-order chi connectivity index (χ0) is 20.1. The zero-order valence-electron chi connectivity index (χ0n) is 17.2. The highest BCUT2D eigenvalue weighted by atomic mass is 16.4. The third-order valence-electron chi connectivity index (χ3n) is 6.52. The van der Waals surface area contributed by atoms with Crippen LogP contribution in [0.4, 0.5) is 11.5 Å². The first-order valence-electron chi connectivity index (χ1n) is 10.8. The molecule has 2 aliphatic heterocycles. The van der Waals surface area contributed by atoms with Gasteiger partial charge in [-0.05, 0) is 51.7 Å². The van der Waals surface area contributed by atoms with E-state index in [1.807, 2.05) is 16.7 Å². The van der Waals surface area contributed by atoms with Gasteiger partial charge in [-0.25, -0.2) is 4.79 Å². The van der Waals surface area contributed by atoms with E-state index in [1.54, 1.807) is 0 Å². The molecule has 2 aliphatic rings. The van der Waals surface area contributed by atoms with Crippen molar-refractivity contribution in [3.8, 4) is 0 Å². The van der Waals surface area contributed by atoms with Crippen LogP contribution in [0.3, 0.4) is 0 Å². The highest BCUT2D eigenvalue weighted by Gasteiger charge is 2.28. The molecular weight excluding hydrogens is 366 g/mol. The maximum absolute atomic E-state index is 13.3. The number of aryl methyl sites for hydroxylation is 1. The van der Waals surface area contributed by atoms with Gasteiger partial charge in [-0.3, -0.25) is 9.36 Å². The molecule has 0 saturated carbocycles. The Bertz CT molecular complexity index is 1220. The molecule has 0 unspecified atom stereocenters. The summed E-state index contributed by atoms with van der Waals surface area (Å²) in [5, 5.41) is 1.90. The summed E-state index contributed by atoms with van der Waals surface area (Å²) < 4.78 is 7.51. The maximum Gasteiger partial charge on any atom is 0.349 e. The van der Waals surface area contributed by atoms with Gasteiger partial charge in [0.2, 0.25) is 0 Å². The first-order valence-corrected chi connectivity index (χ1v) is 10.8. The number of aromatic nitrogens is 1. The Balaban J connectivity index is 1.90. The number of anilines is 2. The third-order valence-corrected chi connectivity index (χ3v) is 6.52. The number of fused-ring (bicyclic) bond motifs is 4. The quantitative estimate of drug-likeness (QED) is 0.504. The van der Waals surface area contributed by atoms with Gasteiger partial charge < -0.3 is 14.2 Å². The van der Waals surface area contributed by atoms with Gasteiger partial charge in [-0.2, -0.15) is 0 Å². The number of pyridine rings is 1. The Morgan fingerprint density at radius 2 is 1.79 bits per heavy atom. The van der Waals surface area contributed by atoms with Crippen molar-refractivity contribution in [1.29, 1.82) is 0 Å². The van der Waals surface area contributed by atoms with Crippen LogP contribution in [0.5, 0.6) is 0 Å². The summed E-state index contributed by atoms with van der Waals surface area (Å²) in [6.07, 6.45) is 3.99. The standard InChI is InChI=1S/C23H27N3O3/c1-3-24(4-2)15-9-10-16-18(14-15)29-23(28)20-19(16)17-8-5-6-11-25-12-7-13-26(21(17)25)22(20)27/h9-10,14H,3-8,11-13H2,1-2H3. The fourth-order valence-electron chi connectivity index (χ4n) is 5.14. The SMILES string of the molecule is CCN(CC)c1ccc2c(c1)oc(=O)c1c(=O)n3c4c(c12)CCCCN4CCC3. The van der Waals surface area contributed by atoms with Gasteiger partial charge in [0.1, 0.15) is 16.8 Å². The van der Waals surface area contributed by atoms with Crippen molar-refractivity contribution in [3.05, 3.63) is 44.5 Å². The smallest absolute Gasteiger partial charge is 0.349 e. The molecule has 0 saturated heterocycles. The first kappa shape index (κ1) is 18.3. The van der Waals surface area contributed by atoms with E-state index in [-0.39, 0.29) is 10.9 Å². The van der Waals surface area contributed by atoms with Crippen LogP contribution in [-0.2, 0) is 13.0 Å². The van der Waals surface area contributed by atoms with Gasteiger partial charge in [-0.15, -0.1) is 0 Å². The summed E-state index contributed by atoms with van der Waals surface area (Å²) in [4.78, 5) is 30.9. The molecule has 29 heavy (non-hydrogen) atoms. The van der Waals surface area contributed by atoms with E-state index < -0.39 is 5.63 Å². The Labute approximate surface area is 169 Å². The van der Waals surface area contributed by atoms with E-state index in [1.165, 1.54) is 0 Å². The molecule has 0 spiro atoms. The molecule has 5 rings (SSSR count). The Hall–Kier alpha value is -2.76. The highest BCUT2D eigenvalue weighted by molar-refractivity contribution is 6.08. The molecular formula is C23H27N3O3. The lowest BCUT2D eigenvalue weighted by atomic mass is 9.98. The second-order valence-electron chi connectivity index (χ2n) is 8.05. The van der Waals surface area contributed by atoms with E-state index >= 15 is 0 Å². The molecule has 0 N–H and O–H groups in total. The number of rotatable bonds is 3. The minimum atomic E-state index is -0.512. The topological polar surface area (TPSA) is 58.7 Å². The fraction of sp³-hybridized carbons (Fsp3) is 0.478. The molecule has 152 valence electrons. The molecule has 0 amide bonds. The second kappa shape index (κ2) is 6.94. The van der Waals surface area contributed by atoms with Gasteiger partial charge in [0.25, 0.3) is 5.56 Å². The van der Waals surface area contributed by atoms with Gasteiger partial charge in [-0.1, -0.05) is 0 Å². The van der Waals surface area contributed by atoms with E-state index in [9.17, 15) is 9.59 Å². The Kier molecular flexibility index (Phi) is 4.37. The van der Waals surface area contributed by atoms with Gasteiger partial charge in [0.05, 0.1) is 0 Å². The van der Waals surface area contributed by atoms with Crippen molar-refractivity contribution >= 4 is 33.2 Å². The maximum atomic E-state index is 13.3. The number of hydrogen-bond donors (Lipinski definition) is 0. The van der Waals surface area contributed by atoms with Crippen molar-refractivity contribution < 1.29 is 4.42 Å². The van der Waals surface area contributed by atoms with Crippen LogP contribution in [-0.4, -0.2) is 30.7 Å². The monoisotopic (exact) mass is 393 g/mol. The van der Waals surface area contributed by atoms with Crippen LogP contribution in [0, 0.1) is 0 Å². The van der Waals surface area contributed by atoms with E-state index in [2.05, 4.69) is 29.7 Å². The summed E-state index contributed by atoms with van der Waals surface area (Å²) in [5.41, 5.74) is 2.03. The minimum absolute atomic E-state index is 0.200. The Morgan fingerprint density at radius 3 is 2.59 bits per heavy atom. The summed E-state index contributed by atoms with van der Waals surface area (Å²) in [6, 6.07) is 6.05.